The second-order valence-electron chi connectivity index (χ2n) is 4.96. The van der Waals surface area contributed by atoms with Crippen molar-refractivity contribution in [3.8, 4) is 11.8 Å². The first-order valence-corrected chi connectivity index (χ1v) is 5.90. The molecule has 1 aromatic carbocycles. The molecule has 0 aliphatic carbocycles. The lowest BCUT2D eigenvalue weighted by Crippen LogP contribution is -2.24. The maximum Gasteiger partial charge on any atom is 0.137 e. The van der Waals surface area contributed by atoms with Gasteiger partial charge in [-0.15, -0.1) is 0 Å². The predicted molar refractivity (Wildman–Crippen MR) is 64.8 cm³/mol. The van der Waals surface area contributed by atoms with Crippen molar-refractivity contribution in [1.82, 2.24) is 0 Å². The van der Waals surface area contributed by atoms with E-state index in [0.29, 0.717) is 17.9 Å². The molecular weight excluding hydrogens is 214 g/mol. The van der Waals surface area contributed by atoms with Crippen molar-refractivity contribution in [2.75, 3.05) is 6.61 Å². The van der Waals surface area contributed by atoms with Crippen LogP contribution in [0.3, 0.4) is 0 Å². The van der Waals surface area contributed by atoms with Crippen LogP contribution in [0.15, 0.2) is 24.3 Å². The van der Waals surface area contributed by atoms with Crippen molar-refractivity contribution < 1.29 is 9.47 Å². The van der Waals surface area contributed by atoms with Crippen LogP contribution in [0, 0.1) is 11.3 Å². The molecule has 0 amide bonds. The fraction of sp³-hybridized carbons (Fsp3) is 0.500. The summed E-state index contributed by atoms with van der Waals surface area (Å²) in [7, 11) is 0. The molecule has 0 N–H and O–H groups in total. The van der Waals surface area contributed by atoms with E-state index in [1.807, 2.05) is 18.2 Å². The van der Waals surface area contributed by atoms with Crippen LogP contribution in [0.4, 0.5) is 0 Å². The summed E-state index contributed by atoms with van der Waals surface area (Å²) in [5.74, 6) is 0.642. The third-order valence-electron chi connectivity index (χ3n) is 2.99. The number of nitriles is 1. The molecule has 2 rings (SSSR count). The van der Waals surface area contributed by atoms with Crippen LogP contribution in [0.1, 0.15) is 32.3 Å². The zero-order valence-corrected chi connectivity index (χ0v) is 10.3. The molecule has 1 unspecified atom stereocenters. The summed E-state index contributed by atoms with van der Waals surface area (Å²) in [4.78, 5) is 0. The fourth-order valence-corrected chi connectivity index (χ4v) is 2.06. The van der Waals surface area contributed by atoms with Crippen molar-refractivity contribution >= 4 is 0 Å². The molecule has 1 atom stereocenters. The van der Waals surface area contributed by atoms with E-state index in [4.69, 9.17) is 14.7 Å². The summed E-state index contributed by atoms with van der Waals surface area (Å²) in [5.41, 5.74) is 0.535. The van der Waals surface area contributed by atoms with E-state index in [0.717, 1.165) is 12.8 Å². The van der Waals surface area contributed by atoms with E-state index in [-0.39, 0.29) is 11.7 Å². The zero-order chi connectivity index (χ0) is 12.3. The number of ether oxygens (including phenoxy) is 2. The Labute approximate surface area is 102 Å². The predicted octanol–water partition coefficient (Wildman–Crippen LogP) is 2.89. The average Bonchev–Trinajstić information content (AvgIpc) is 2.67. The maximum absolute atomic E-state index is 8.93. The highest BCUT2D eigenvalue weighted by atomic mass is 16.6. The van der Waals surface area contributed by atoms with Gasteiger partial charge < -0.3 is 9.47 Å². The molecule has 90 valence electrons. The van der Waals surface area contributed by atoms with E-state index in [2.05, 4.69) is 19.9 Å². The van der Waals surface area contributed by atoms with Crippen molar-refractivity contribution in [1.29, 1.82) is 5.26 Å². The molecule has 0 saturated carbocycles. The largest absolute Gasteiger partial charge is 0.489 e. The molecule has 0 spiro atoms. The molecule has 1 aliphatic rings. The van der Waals surface area contributed by atoms with Gasteiger partial charge in [0.05, 0.1) is 17.3 Å². The Morgan fingerprint density at radius 3 is 2.88 bits per heavy atom. The van der Waals surface area contributed by atoms with Gasteiger partial charge in [-0.1, -0.05) is 12.1 Å². The molecule has 1 aromatic rings. The summed E-state index contributed by atoms with van der Waals surface area (Å²) in [5, 5.41) is 8.93. The standard InChI is InChI=1S/C14H17NO2/c1-14(2)8-7-12(17-14)10-16-13-6-4-3-5-11(13)9-15/h3-6,12H,7-8,10H2,1-2H3. The van der Waals surface area contributed by atoms with Gasteiger partial charge in [-0.2, -0.15) is 5.26 Å². The van der Waals surface area contributed by atoms with E-state index in [9.17, 15) is 0 Å². The summed E-state index contributed by atoms with van der Waals surface area (Å²) >= 11 is 0. The van der Waals surface area contributed by atoms with Crippen LogP contribution < -0.4 is 4.74 Å². The smallest absolute Gasteiger partial charge is 0.137 e. The Morgan fingerprint density at radius 2 is 2.24 bits per heavy atom. The molecule has 0 bridgehead atoms. The van der Waals surface area contributed by atoms with Crippen LogP contribution in [-0.4, -0.2) is 18.3 Å². The van der Waals surface area contributed by atoms with Crippen LogP contribution in [0.25, 0.3) is 0 Å². The monoisotopic (exact) mass is 231 g/mol. The maximum atomic E-state index is 8.93. The summed E-state index contributed by atoms with van der Waals surface area (Å²) in [6.45, 7) is 4.70. The Hall–Kier alpha value is -1.53. The number of rotatable bonds is 3. The van der Waals surface area contributed by atoms with Gasteiger partial charge in [-0.05, 0) is 38.8 Å². The Balaban J connectivity index is 1.93. The van der Waals surface area contributed by atoms with Gasteiger partial charge in [0.2, 0.25) is 0 Å². The molecule has 1 aliphatic heterocycles. The molecule has 17 heavy (non-hydrogen) atoms. The minimum absolute atomic E-state index is 0.0389. The van der Waals surface area contributed by atoms with Crippen molar-refractivity contribution in [3.63, 3.8) is 0 Å². The fourth-order valence-electron chi connectivity index (χ4n) is 2.06. The third-order valence-corrected chi connectivity index (χ3v) is 2.99. The Bertz CT molecular complexity index is 434. The lowest BCUT2D eigenvalue weighted by Gasteiger charge is -2.19. The highest BCUT2D eigenvalue weighted by Crippen LogP contribution is 2.29. The molecule has 0 aromatic heterocycles. The summed E-state index contributed by atoms with van der Waals surface area (Å²) in [6.07, 6.45) is 2.21. The number of para-hydroxylation sites is 1. The van der Waals surface area contributed by atoms with E-state index in [1.165, 1.54) is 0 Å². The SMILES string of the molecule is CC1(C)CCC(COc2ccccc2C#N)O1. The van der Waals surface area contributed by atoms with Gasteiger partial charge in [0.15, 0.2) is 0 Å². The van der Waals surface area contributed by atoms with Gasteiger partial charge in [-0.3, -0.25) is 0 Å². The van der Waals surface area contributed by atoms with E-state index < -0.39 is 0 Å². The van der Waals surface area contributed by atoms with Crippen LogP contribution in [0.5, 0.6) is 5.75 Å². The first-order chi connectivity index (χ1) is 8.11. The number of benzene rings is 1. The third kappa shape index (κ3) is 2.98. The molecule has 1 saturated heterocycles. The average molecular weight is 231 g/mol. The minimum atomic E-state index is -0.0389. The van der Waals surface area contributed by atoms with Crippen LogP contribution in [0.2, 0.25) is 0 Å². The van der Waals surface area contributed by atoms with Gasteiger partial charge in [0, 0.05) is 0 Å². The van der Waals surface area contributed by atoms with Gasteiger partial charge in [0.25, 0.3) is 0 Å². The van der Waals surface area contributed by atoms with Gasteiger partial charge >= 0.3 is 0 Å². The normalized spacial score (nSPS) is 22.1. The topological polar surface area (TPSA) is 42.2 Å². The molecule has 0 radical (unpaired) electrons. The molecule has 3 nitrogen and oxygen atoms in total. The molecule has 3 heteroatoms. The first kappa shape index (κ1) is 11.9. The quantitative estimate of drug-likeness (QED) is 0.803. The molecular formula is C14H17NO2. The van der Waals surface area contributed by atoms with Crippen molar-refractivity contribution in [2.45, 2.75) is 38.4 Å². The number of hydrogen-bond acceptors (Lipinski definition) is 3. The summed E-state index contributed by atoms with van der Waals surface area (Å²) in [6, 6.07) is 9.40. The van der Waals surface area contributed by atoms with Crippen LogP contribution in [-0.2, 0) is 4.74 Å². The highest BCUT2D eigenvalue weighted by Gasteiger charge is 2.31. The highest BCUT2D eigenvalue weighted by molar-refractivity contribution is 5.42. The van der Waals surface area contributed by atoms with Crippen molar-refractivity contribution in [3.05, 3.63) is 29.8 Å². The second-order valence-corrected chi connectivity index (χ2v) is 4.96. The Kier molecular flexibility index (Phi) is 3.35. The summed E-state index contributed by atoms with van der Waals surface area (Å²) < 4.78 is 11.5. The molecule has 1 fully saturated rings. The van der Waals surface area contributed by atoms with Crippen LogP contribution >= 0.6 is 0 Å². The zero-order valence-electron chi connectivity index (χ0n) is 10.3. The van der Waals surface area contributed by atoms with E-state index >= 15 is 0 Å². The molecule has 1 heterocycles. The van der Waals surface area contributed by atoms with E-state index in [1.54, 1.807) is 6.07 Å². The second kappa shape index (κ2) is 4.77. The number of nitrogens with zero attached hydrogens (tertiary/aromatic N) is 1. The first-order valence-electron chi connectivity index (χ1n) is 5.90. The van der Waals surface area contributed by atoms with Gasteiger partial charge in [0.1, 0.15) is 18.4 Å². The number of hydrogen-bond donors (Lipinski definition) is 0. The van der Waals surface area contributed by atoms with Crippen molar-refractivity contribution in [2.24, 2.45) is 0 Å². The lowest BCUT2D eigenvalue weighted by molar-refractivity contribution is -0.0326. The van der Waals surface area contributed by atoms with Gasteiger partial charge in [-0.25, -0.2) is 0 Å². The Morgan fingerprint density at radius 1 is 1.47 bits per heavy atom. The minimum Gasteiger partial charge on any atom is -0.489 e. The lowest BCUT2D eigenvalue weighted by atomic mass is 10.1.